The lowest BCUT2D eigenvalue weighted by molar-refractivity contribution is 0.0732. The molecule has 2 heterocycles. The zero-order valence-electron chi connectivity index (χ0n) is 26.6. The smallest absolute Gasteiger partial charge is 0.343 e. The maximum absolute atomic E-state index is 13.2. The number of ether oxygens (including phenoxy) is 5. The minimum Gasteiger partial charge on any atom is -0.493 e. The fourth-order valence-corrected chi connectivity index (χ4v) is 6.19. The monoisotopic (exact) mass is 779 g/mol. The van der Waals surface area contributed by atoms with Crippen LogP contribution in [0.3, 0.4) is 0 Å². The van der Waals surface area contributed by atoms with E-state index in [-0.39, 0.29) is 23.7 Å². The molecule has 5 rings (SSSR count). The molecule has 0 radical (unpaired) electrons. The predicted molar refractivity (Wildman–Crippen MR) is 186 cm³/mol. The number of amides is 1. The number of carbonyl (C=O) groups is 2. The summed E-state index contributed by atoms with van der Waals surface area (Å²) in [4.78, 5) is 26.0. The molecule has 248 valence electrons. The van der Waals surface area contributed by atoms with E-state index in [4.69, 9.17) is 28.1 Å². The Hall–Kier alpha value is -5.01. The van der Waals surface area contributed by atoms with Crippen LogP contribution in [0.15, 0.2) is 91.3 Å². The number of methoxy groups -OCH3 is 3. The van der Waals surface area contributed by atoms with E-state index in [2.05, 4.69) is 72.9 Å². The number of rotatable bonds is 12. The summed E-state index contributed by atoms with van der Waals surface area (Å²) in [5.41, 5.74) is 6.31. The summed E-state index contributed by atoms with van der Waals surface area (Å²) in [7, 11) is 4.36. The van der Waals surface area contributed by atoms with E-state index in [9.17, 15) is 9.59 Å². The van der Waals surface area contributed by atoms with E-state index < -0.39 is 11.9 Å². The number of hydrogen-bond acceptors (Lipinski definition) is 9. The van der Waals surface area contributed by atoms with Crippen LogP contribution in [0.2, 0.25) is 0 Å². The highest BCUT2D eigenvalue weighted by Gasteiger charge is 2.21. The first-order valence-electron chi connectivity index (χ1n) is 14.4. The molecule has 13 heteroatoms. The predicted octanol–water partition coefficient (Wildman–Crippen LogP) is 7.80. The average molecular weight is 781 g/mol. The van der Waals surface area contributed by atoms with Crippen molar-refractivity contribution in [3.8, 4) is 34.4 Å². The first-order valence-corrected chi connectivity index (χ1v) is 16.0. The zero-order chi connectivity index (χ0) is 34.4. The molecular formula is C35H31Br2N3O8. The Kier molecular flexibility index (Phi) is 10.9. The number of hydrogen-bond donors (Lipinski definition) is 1. The normalized spacial score (nSPS) is 11.0. The van der Waals surface area contributed by atoms with Gasteiger partial charge in [-0.25, -0.2) is 10.2 Å². The van der Waals surface area contributed by atoms with E-state index >= 15 is 0 Å². The molecule has 5 aromatic rings. The summed E-state index contributed by atoms with van der Waals surface area (Å²) >= 11 is 6.86. The maximum atomic E-state index is 13.2. The number of hydrazone groups is 1. The molecule has 3 aromatic carbocycles. The van der Waals surface area contributed by atoms with Crippen LogP contribution in [-0.4, -0.2) is 44.0 Å². The first kappa shape index (κ1) is 34.3. The largest absolute Gasteiger partial charge is 0.493 e. The third-order valence-corrected chi connectivity index (χ3v) is 8.18. The summed E-state index contributed by atoms with van der Waals surface area (Å²) in [6, 6.07) is 21.4. The second kappa shape index (κ2) is 15.3. The lowest BCUT2D eigenvalue weighted by Gasteiger charge is -2.15. The molecule has 0 bridgehead atoms. The Morgan fingerprint density at radius 2 is 1.52 bits per heavy atom. The Bertz CT molecular complexity index is 1940. The number of aromatic nitrogens is 1. The van der Waals surface area contributed by atoms with Crippen molar-refractivity contribution >= 4 is 50.0 Å². The molecule has 1 amide bonds. The van der Waals surface area contributed by atoms with Crippen LogP contribution < -0.4 is 29.1 Å². The van der Waals surface area contributed by atoms with Gasteiger partial charge in [0, 0.05) is 27.1 Å². The Balaban J connectivity index is 1.22. The van der Waals surface area contributed by atoms with Gasteiger partial charge < -0.3 is 32.7 Å². The van der Waals surface area contributed by atoms with Crippen LogP contribution in [0.4, 0.5) is 0 Å². The fraction of sp³-hybridized carbons (Fsp3) is 0.171. The van der Waals surface area contributed by atoms with Crippen molar-refractivity contribution in [3.63, 3.8) is 0 Å². The third-order valence-electron chi connectivity index (χ3n) is 7.13. The lowest BCUT2D eigenvalue weighted by atomic mass is 10.1. The summed E-state index contributed by atoms with van der Waals surface area (Å²) in [6.45, 7) is 4.24. The minimum atomic E-state index is -0.691. The number of benzene rings is 3. The number of halogens is 2. The van der Waals surface area contributed by atoms with Crippen molar-refractivity contribution in [3.05, 3.63) is 116 Å². The highest BCUT2D eigenvalue weighted by Crippen LogP contribution is 2.39. The van der Waals surface area contributed by atoms with Gasteiger partial charge in [0.05, 0.1) is 37.6 Å². The van der Waals surface area contributed by atoms with E-state index in [0.717, 1.165) is 17.1 Å². The van der Waals surface area contributed by atoms with Gasteiger partial charge in [0.1, 0.15) is 18.1 Å². The molecule has 0 aliphatic rings. The van der Waals surface area contributed by atoms with Gasteiger partial charge in [-0.05, 0) is 103 Å². The molecule has 1 N–H and O–H groups in total. The molecule has 0 atom stereocenters. The highest BCUT2D eigenvalue weighted by molar-refractivity contribution is 9.11. The molecular weight excluding hydrogens is 750 g/mol. The number of aryl methyl sites for hydroxylation is 2. The quantitative estimate of drug-likeness (QED) is 0.0589. The molecule has 48 heavy (non-hydrogen) atoms. The summed E-state index contributed by atoms with van der Waals surface area (Å²) in [5.74, 6) is 0.990. The van der Waals surface area contributed by atoms with E-state index in [1.54, 1.807) is 18.2 Å². The van der Waals surface area contributed by atoms with Crippen LogP contribution in [0.1, 0.15) is 43.6 Å². The molecule has 0 aliphatic heterocycles. The summed E-state index contributed by atoms with van der Waals surface area (Å²) < 4.78 is 36.6. The van der Waals surface area contributed by atoms with Gasteiger partial charge in [0.15, 0.2) is 23.0 Å². The van der Waals surface area contributed by atoms with Crippen molar-refractivity contribution in [2.45, 2.75) is 20.5 Å². The third kappa shape index (κ3) is 7.75. The second-order valence-electron chi connectivity index (χ2n) is 10.3. The molecule has 2 aromatic heterocycles. The minimum absolute atomic E-state index is 0.0455. The second-order valence-corrected chi connectivity index (χ2v) is 12.1. The van der Waals surface area contributed by atoms with E-state index in [1.807, 2.05) is 24.3 Å². The number of furan rings is 1. The Morgan fingerprint density at radius 1 is 0.854 bits per heavy atom. The molecule has 0 saturated carbocycles. The van der Waals surface area contributed by atoms with Gasteiger partial charge in [-0.15, -0.1) is 0 Å². The van der Waals surface area contributed by atoms with Crippen LogP contribution in [0.25, 0.3) is 5.69 Å². The van der Waals surface area contributed by atoms with Crippen LogP contribution >= 0.6 is 31.9 Å². The summed E-state index contributed by atoms with van der Waals surface area (Å²) in [6.07, 6.45) is 1.35. The lowest BCUT2D eigenvalue weighted by Crippen LogP contribution is -2.17. The fourth-order valence-electron chi connectivity index (χ4n) is 4.85. The van der Waals surface area contributed by atoms with E-state index in [1.165, 1.54) is 45.7 Å². The molecule has 0 unspecified atom stereocenters. The highest BCUT2D eigenvalue weighted by atomic mass is 79.9. The van der Waals surface area contributed by atoms with Gasteiger partial charge >= 0.3 is 11.9 Å². The SMILES string of the molecule is COc1cc(C(=O)Oc2c(Br)cc(Br)cc2/C=N\NC(=O)c2ccc(COc3ccc(-n4c(C)ccc4C)cc3)o2)cc(OC)c1OC. The van der Waals surface area contributed by atoms with Crippen LogP contribution in [0, 0.1) is 13.8 Å². The van der Waals surface area contributed by atoms with Gasteiger partial charge in [-0.2, -0.15) is 5.10 Å². The number of nitrogens with one attached hydrogen (secondary N) is 1. The van der Waals surface area contributed by atoms with Crippen LogP contribution in [-0.2, 0) is 6.61 Å². The maximum Gasteiger partial charge on any atom is 0.343 e. The van der Waals surface area contributed by atoms with Gasteiger partial charge in [-0.3, -0.25) is 4.79 Å². The van der Waals surface area contributed by atoms with Crippen molar-refractivity contribution in [1.29, 1.82) is 0 Å². The standard InChI is InChI=1S/C35H31Br2N3O8/c1-20-6-7-21(2)40(20)25-8-10-26(11-9-25)46-19-27-12-13-29(47-27)34(41)39-38-18-23-14-24(36)17-28(37)32(23)48-35(42)22-15-30(43-3)33(45-5)31(16-22)44-4/h6-18H,19H2,1-5H3,(H,39,41)/b38-18-. The van der Waals surface area contributed by atoms with Crippen molar-refractivity contribution in [2.24, 2.45) is 5.10 Å². The molecule has 0 saturated heterocycles. The molecule has 0 fully saturated rings. The van der Waals surface area contributed by atoms with E-state index in [0.29, 0.717) is 43.3 Å². The van der Waals surface area contributed by atoms with Gasteiger partial charge in [-0.1, -0.05) is 15.9 Å². The molecule has 11 nitrogen and oxygen atoms in total. The van der Waals surface area contributed by atoms with Crippen molar-refractivity contribution in [1.82, 2.24) is 9.99 Å². The number of nitrogens with zero attached hydrogens (tertiary/aromatic N) is 2. The van der Waals surface area contributed by atoms with Crippen molar-refractivity contribution < 1.29 is 37.7 Å². The van der Waals surface area contributed by atoms with Crippen LogP contribution in [0.5, 0.6) is 28.7 Å². The Morgan fingerprint density at radius 3 is 2.15 bits per heavy atom. The Labute approximate surface area is 293 Å². The number of carbonyl (C=O) groups excluding carboxylic acids is 2. The molecule has 0 spiro atoms. The molecule has 0 aliphatic carbocycles. The van der Waals surface area contributed by atoms with Gasteiger partial charge in [0.25, 0.3) is 0 Å². The topological polar surface area (TPSA) is 123 Å². The first-order chi connectivity index (χ1) is 23.1. The van der Waals surface area contributed by atoms with Crippen molar-refractivity contribution in [2.75, 3.05) is 21.3 Å². The summed E-state index contributed by atoms with van der Waals surface area (Å²) in [5, 5.41) is 4.06. The average Bonchev–Trinajstić information content (AvgIpc) is 3.70. The zero-order valence-corrected chi connectivity index (χ0v) is 29.8. The van der Waals surface area contributed by atoms with Gasteiger partial charge in [0.2, 0.25) is 5.75 Å². The number of esters is 1.